The van der Waals surface area contributed by atoms with Crippen LogP contribution in [-0.4, -0.2) is 35.6 Å². The molecule has 1 aromatic carbocycles. The molecular weight excluding hydrogens is 289 g/mol. The number of carbonyl (C=O) groups excluding carboxylic acids is 1. The number of halogens is 1. The van der Waals surface area contributed by atoms with Crippen molar-refractivity contribution in [1.29, 1.82) is 0 Å². The van der Waals surface area contributed by atoms with Gasteiger partial charge in [0.2, 0.25) is 0 Å². The predicted molar refractivity (Wildman–Crippen MR) is 78.1 cm³/mol. The van der Waals surface area contributed by atoms with Gasteiger partial charge in [-0.2, -0.15) is 0 Å². The summed E-state index contributed by atoms with van der Waals surface area (Å²) >= 11 is 0. The first-order valence-corrected chi connectivity index (χ1v) is 7.01. The number of hydrogen-bond donors (Lipinski definition) is 1. The highest BCUT2D eigenvalue weighted by Crippen LogP contribution is 2.16. The maximum Gasteiger partial charge on any atom is 0.289 e. The Morgan fingerprint density at radius 3 is 2.64 bits per heavy atom. The molecule has 1 heterocycles. The van der Waals surface area contributed by atoms with Crippen LogP contribution in [0.15, 0.2) is 40.8 Å². The summed E-state index contributed by atoms with van der Waals surface area (Å²) in [5, 5.41) is 8.93. The number of hydrogen-bond acceptors (Lipinski definition) is 4. The molecule has 5 nitrogen and oxygen atoms in total. The number of benzene rings is 1. The number of rotatable bonds is 7. The van der Waals surface area contributed by atoms with Crippen LogP contribution in [0.3, 0.4) is 0 Å². The van der Waals surface area contributed by atoms with E-state index >= 15 is 0 Å². The van der Waals surface area contributed by atoms with Crippen molar-refractivity contribution >= 4 is 5.91 Å². The standard InChI is InChI=1S/C16H18FNO4/c1-2-18(9-10-19)16(20)15-8-7-14(22-15)11-21-13-5-3-12(17)4-6-13/h3-8,19H,2,9-11H2,1H3. The van der Waals surface area contributed by atoms with E-state index in [1.165, 1.54) is 29.2 Å². The number of aliphatic hydroxyl groups excluding tert-OH is 1. The minimum atomic E-state index is -0.332. The first-order chi connectivity index (χ1) is 10.6. The lowest BCUT2D eigenvalue weighted by atomic mass is 10.3. The summed E-state index contributed by atoms with van der Waals surface area (Å²) in [7, 11) is 0. The van der Waals surface area contributed by atoms with Gasteiger partial charge in [-0.25, -0.2) is 4.39 Å². The number of likely N-dealkylation sites (N-methyl/N-ethyl adjacent to an activating group) is 1. The van der Waals surface area contributed by atoms with E-state index in [1.54, 1.807) is 12.1 Å². The number of furan rings is 1. The fraction of sp³-hybridized carbons (Fsp3) is 0.312. The Labute approximate surface area is 127 Å². The topological polar surface area (TPSA) is 62.9 Å². The third-order valence-electron chi connectivity index (χ3n) is 3.11. The molecular formula is C16H18FNO4. The third kappa shape index (κ3) is 4.08. The van der Waals surface area contributed by atoms with E-state index in [0.29, 0.717) is 18.1 Å². The van der Waals surface area contributed by atoms with Gasteiger partial charge in [0.1, 0.15) is 23.9 Å². The summed E-state index contributed by atoms with van der Waals surface area (Å²) in [6, 6.07) is 8.88. The second kappa shape index (κ2) is 7.61. The molecule has 0 aliphatic heterocycles. The van der Waals surface area contributed by atoms with Gasteiger partial charge in [-0.05, 0) is 43.3 Å². The quantitative estimate of drug-likeness (QED) is 0.853. The lowest BCUT2D eigenvalue weighted by Gasteiger charge is -2.17. The Kier molecular flexibility index (Phi) is 5.55. The van der Waals surface area contributed by atoms with Gasteiger partial charge in [0, 0.05) is 13.1 Å². The van der Waals surface area contributed by atoms with Crippen LogP contribution in [0, 0.1) is 5.82 Å². The molecule has 2 aromatic rings. The number of nitrogens with zero attached hydrogens (tertiary/aromatic N) is 1. The maximum atomic E-state index is 12.8. The van der Waals surface area contributed by atoms with E-state index in [1.807, 2.05) is 6.92 Å². The second-order valence-electron chi connectivity index (χ2n) is 4.62. The average Bonchev–Trinajstić information content (AvgIpc) is 3.00. The molecule has 0 unspecified atom stereocenters. The summed E-state index contributed by atoms with van der Waals surface area (Å²) < 4.78 is 23.7. The summed E-state index contributed by atoms with van der Waals surface area (Å²) in [5.74, 6) is 0.605. The molecule has 1 amide bonds. The zero-order chi connectivity index (χ0) is 15.9. The van der Waals surface area contributed by atoms with E-state index in [0.717, 1.165) is 0 Å². The predicted octanol–water partition coefficient (Wildman–Crippen LogP) is 2.45. The minimum Gasteiger partial charge on any atom is -0.486 e. The van der Waals surface area contributed by atoms with Crippen molar-refractivity contribution < 1.29 is 23.4 Å². The van der Waals surface area contributed by atoms with Crippen LogP contribution in [0.4, 0.5) is 4.39 Å². The van der Waals surface area contributed by atoms with E-state index in [2.05, 4.69) is 0 Å². The van der Waals surface area contributed by atoms with Crippen molar-refractivity contribution in [2.75, 3.05) is 19.7 Å². The Morgan fingerprint density at radius 1 is 1.27 bits per heavy atom. The summed E-state index contributed by atoms with van der Waals surface area (Å²) in [4.78, 5) is 13.6. The molecule has 0 bridgehead atoms. The van der Waals surface area contributed by atoms with Crippen molar-refractivity contribution in [3.05, 3.63) is 53.7 Å². The summed E-state index contributed by atoms with van der Waals surface area (Å²) in [6.07, 6.45) is 0. The zero-order valence-corrected chi connectivity index (χ0v) is 12.3. The Bertz CT molecular complexity index is 609. The molecule has 0 saturated heterocycles. The van der Waals surface area contributed by atoms with Crippen LogP contribution in [0.5, 0.6) is 5.75 Å². The van der Waals surface area contributed by atoms with Gasteiger partial charge in [0.25, 0.3) is 5.91 Å². The van der Waals surface area contributed by atoms with E-state index in [-0.39, 0.29) is 37.2 Å². The smallest absolute Gasteiger partial charge is 0.289 e. The molecule has 2 rings (SSSR count). The lowest BCUT2D eigenvalue weighted by Crippen LogP contribution is -2.33. The first kappa shape index (κ1) is 16.0. The zero-order valence-electron chi connectivity index (χ0n) is 12.3. The molecule has 0 saturated carbocycles. The van der Waals surface area contributed by atoms with Crippen LogP contribution in [0.25, 0.3) is 0 Å². The van der Waals surface area contributed by atoms with E-state index in [4.69, 9.17) is 14.3 Å². The largest absolute Gasteiger partial charge is 0.486 e. The molecule has 118 valence electrons. The van der Waals surface area contributed by atoms with Gasteiger partial charge < -0.3 is 19.2 Å². The first-order valence-electron chi connectivity index (χ1n) is 7.01. The summed E-state index contributed by atoms with van der Waals surface area (Å²) in [5.41, 5.74) is 0. The number of carbonyl (C=O) groups is 1. The SMILES string of the molecule is CCN(CCO)C(=O)c1ccc(COc2ccc(F)cc2)o1. The molecule has 0 radical (unpaired) electrons. The fourth-order valence-electron chi connectivity index (χ4n) is 1.94. The molecule has 0 aliphatic rings. The highest BCUT2D eigenvalue weighted by atomic mass is 19.1. The molecule has 0 atom stereocenters. The van der Waals surface area contributed by atoms with Crippen molar-refractivity contribution in [2.24, 2.45) is 0 Å². The van der Waals surface area contributed by atoms with Crippen LogP contribution in [0.2, 0.25) is 0 Å². The molecule has 1 N–H and O–H groups in total. The van der Waals surface area contributed by atoms with Crippen LogP contribution >= 0.6 is 0 Å². The van der Waals surface area contributed by atoms with Crippen molar-refractivity contribution in [3.63, 3.8) is 0 Å². The summed E-state index contributed by atoms with van der Waals surface area (Å²) in [6.45, 7) is 2.62. The average molecular weight is 307 g/mol. The van der Waals surface area contributed by atoms with Gasteiger partial charge in [-0.3, -0.25) is 4.79 Å². The van der Waals surface area contributed by atoms with Gasteiger partial charge in [-0.15, -0.1) is 0 Å². The van der Waals surface area contributed by atoms with E-state index < -0.39 is 0 Å². The Morgan fingerprint density at radius 2 is 2.00 bits per heavy atom. The highest BCUT2D eigenvalue weighted by Gasteiger charge is 2.17. The monoisotopic (exact) mass is 307 g/mol. The second-order valence-corrected chi connectivity index (χ2v) is 4.62. The van der Waals surface area contributed by atoms with Gasteiger partial charge >= 0.3 is 0 Å². The molecule has 22 heavy (non-hydrogen) atoms. The van der Waals surface area contributed by atoms with Crippen LogP contribution in [-0.2, 0) is 6.61 Å². The number of amides is 1. The normalized spacial score (nSPS) is 10.5. The highest BCUT2D eigenvalue weighted by molar-refractivity contribution is 5.91. The maximum absolute atomic E-state index is 12.8. The Balaban J connectivity index is 1.96. The van der Waals surface area contributed by atoms with Gasteiger partial charge in [-0.1, -0.05) is 0 Å². The third-order valence-corrected chi connectivity index (χ3v) is 3.11. The Hall–Kier alpha value is -2.34. The lowest BCUT2D eigenvalue weighted by molar-refractivity contribution is 0.0696. The van der Waals surface area contributed by atoms with E-state index in [9.17, 15) is 9.18 Å². The minimum absolute atomic E-state index is 0.0964. The number of ether oxygens (including phenoxy) is 1. The van der Waals surface area contributed by atoms with Crippen LogP contribution in [0.1, 0.15) is 23.2 Å². The molecule has 0 fully saturated rings. The molecule has 0 aliphatic carbocycles. The van der Waals surface area contributed by atoms with Crippen molar-refractivity contribution in [3.8, 4) is 5.75 Å². The molecule has 1 aromatic heterocycles. The number of aliphatic hydroxyl groups is 1. The molecule has 6 heteroatoms. The van der Waals surface area contributed by atoms with Crippen molar-refractivity contribution in [1.82, 2.24) is 4.90 Å². The van der Waals surface area contributed by atoms with Crippen molar-refractivity contribution in [2.45, 2.75) is 13.5 Å². The fourth-order valence-corrected chi connectivity index (χ4v) is 1.94. The van der Waals surface area contributed by atoms with Gasteiger partial charge in [0.05, 0.1) is 6.61 Å². The molecule has 0 spiro atoms. The van der Waals surface area contributed by atoms with Gasteiger partial charge in [0.15, 0.2) is 5.76 Å². The van der Waals surface area contributed by atoms with Crippen LogP contribution < -0.4 is 4.74 Å².